The summed E-state index contributed by atoms with van der Waals surface area (Å²) in [5, 5.41) is 10.6. The van der Waals surface area contributed by atoms with E-state index in [0.717, 1.165) is 5.56 Å². The lowest BCUT2D eigenvalue weighted by atomic mass is 10.0. The van der Waals surface area contributed by atoms with Gasteiger partial charge in [-0.3, -0.25) is 14.9 Å². The van der Waals surface area contributed by atoms with Gasteiger partial charge in [-0.25, -0.2) is 0 Å². The molecule has 20 heavy (non-hydrogen) atoms. The zero-order valence-corrected chi connectivity index (χ0v) is 10.4. The van der Waals surface area contributed by atoms with Crippen LogP contribution in [0.3, 0.4) is 0 Å². The predicted octanol–water partition coefficient (Wildman–Crippen LogP) is 2.92. The molecule has 2 atom stereocenters. The van der Waals surface area contributed by atoms with Crippen molar-refractivity contribution < 1.29 is 14.5 Å². The summed E-state index contributed by atoms with van der Waals surface area (Å²) in [4.78, 5) is 22.3. The number of ether oxygens (including phenoxy) is 1. The fourth-order valence-electron chi connectivity index (χ4n) is 2.12. The lowest BCUT2D eigenvalue weighted by Crippen LogP contribution is -2.07. The first kappa shape index (κ1) is 12.5. The van der Waals surface area contributed by atoms with Crippen LogP contribution in [0.25, 0.3) is 0 Å². The first-order valence-corrected chi connectivity index (χ1v) is 6.16. The van der Waals surface area contributed by atoms with Crippen molar-refractivity contribution in [1.29, 1.82) is 0 Å². The molecular formula is C15H11NO4. The van der Waals surface area contributed by atoms with Crippen molar-refractivity contribution in [2.75, 3.05) is 0 Å². The van der Waals surface area contributed by atoms with E-state index in [9.17, 15) is 14.9 Å². The Balaban J connectivity index is 1.73. The third-order valence-electron chi connectivity index (χ3n) is 3.24. The predicted molar refractivity (Wildman–Crippen MR) is 71.5 cm³/mol. The van der Waals surface area contributed by atoms with Gasteiger partial charge in [-0.1, -0.05) is 30.3 Å². The van der Waals surface area contributed by atoms with E-state index in [1.165, 1.54) is 12.1 Å². The van der Waals surface area contributed by atoms with Gasteiger partial charge in [0.2, 0.25) is 0 Å². The highest BCUT2D eigenvalue weighted by Crippen LogP contribution is 2.40. The second kappa shape index (κ2) is 4.86. The zero-order chi connectivity index (χ0) is 14.1. The van der Waals surface area contributed by atoms with Crippen molar-refractivity contribution in [1.82, 2.24) is 0 Å². The number of carbonyl (C=O) groups is 1. The summed E-state index contributed by atoms with van der Waals surface area (Å²) >= 11 is 0. The molecule has 1 saturated heterocycles. The van der Waals surface area contributed by atoms with E-state index in [4.69, 9.17) is 4.74 Å². The summed E-state index contributed by atoms with van der Waals surface area (Å²) in [6.45, 7) is 0. The highest BCUT2D eigenvalue weighted by molar-refractivity contribution is 6.01. The van der Waals surface area contributed by atoms with E-state index in [-0.39, 0.29) is 17.6 Å². The van der Waals surface area contributed by atoms with Crippen molar-refractivity contribution in [2.24, 2.45) is 0 Å². The minimum Gasteiger partial charge on any atom is -0.356 e. The average molecular weight is 269 g/mol. The molecule has 1 aliphatic heterocycles. The molecule has 0 spiro atoms. The van der Waals surface area contributed by atoms with Crippen molar-refractivity contribution in [2.45, 2.75) is 12.2 Å². The maximum atomic E-state index is 12.1. The monoisotopic (exact) mass is 269 g/mol. The van der Waals surface area contributed by atoms with Gasteiger partial charge >= 0.3 is 0 Å². The molecular weight excluding hydrogens is 258 g/mol. The van der Waals surface area contributed by atoms with Gasteiger partial charge in [0.15, 0.2) is 11.9 Å². The van der Waals surface area contributed by atoms with E-state index in [2.05, 4.69) is 0 Å². The lowest BCUT2D eigenvalue weighted by molar-refractivity contribution is -0.384. The van der Waals surface area contributed by atoms with Gasteiger partial charge in [-0.05, 0) is 17.7 Å². The van der Waals surface area contributed by atoms with Crippen molar-refractivity contribution >= 4 is 11.5 Å². The molecule has 0 saturated carbocycles. The number of non-ortho nitro benzene ring substituents is 1. The molecule has 5 heteroatoms. The van der Waals surface area contributed by atoms with Crippen LogP contribution in [0.2, 0.25) is 0 Å². The number of hydrogen-bond donors (Lipinski definition) is 0. The van der Waals surface area contributed by atoms with Crippen LogP contribution >= 0.6 is 0 Å². The molecule has 2 aromatic rings. The van der Waals surface area contributed by atoms with Crippen LogP contribution in [0.1, 0.15) is 22.0 Å². The van der Waals surface area contributed by atoms with E-state index < -0.39 is 11.0 Å². The molecule has 0 bridgehead atoms. The molecule has 0 amide bonds. The number of nitro benzene ring substituents is 1. The van der Waals surface area contributed by atoms with E-state index in [1.54, 1.807) is 36.4 Å². The number of nitrogens with zero attached hydrogens (tertiary/aromatic N) is 1. The SMILES string of the molecule is O=C(c1ccccc1)C1OC1c1ccc([N+](=O)[O-])cc1. The quantitative estimate of drug-likeness (QED) is 0.370. The van der Waals surface area contributed by atoms with Crippen LogP contribution in [-0.4, -0.2) is 16.8 Å². The van der Waals surface area contributed by atoms with Crippen molar-refractivity contribution in [3.8, 4) is 0 Å². The Morgan fingerprint density at radius 3 is 2.30 bits per heavy atom. The molecule has 1 heterocycles. The standard InChI is InChI=1S/C15H11NO4/c17-13(10-4-2-1-3-5-10)15-14(20-15)11-6-8-12(9-7-11)16(18)19/h1-9,14-15H. The summed E-state index contributed by atoms with van der Waals surface area (Å²) in [6.07, 6.45) is -0.789. The molecule has 2 unspecified atom stereocenters. The van der Waals surface area contributed by atoms with Gasteiger partial charge in [0.25, 0.3) is 5.69 Å². The second-order valence-corrected chi connectivity index (χ2v) is 4.56. The highest BCUT2D eigenvalue weighted by atomic mass is 16.6. The third kappa shape index (κ3) is 2.31. The Labute approximate surface area is 115 Å². The molecule has 0 aromatic heterocycles. The average Bonchev–Trinajstić information content (AvgIpc) is 3.28. The molecule has 100 valence electrons. The smallest absolute Gasteiger partial charge is 0.269 e. The first-order chi connectivity index (χ1) is 9.66. The zero-order valence-electron chi connectivity index (χ0n) is 10.4. The van der Waals surface area contributed by atoms with Gasteiger partial charge in [0.1, 0.15) is 6.10 Å². The van der Waals surface area contributed by atoms with Crippen LogP contribution in [0.4, 0.5) is 5.69 Å². The maximum Gasteiger partial charge on any atom is 0.269 e. The first-order valence-electron chi connectivity index (χ1n) is 6.16. The Kier molecular flexibility index (Phi) is 3.04. The lowest BCUT2D eigenvalue weighted by Gasteiger charge is -1.97. The fraction of sp³-hybridized carbons (Fsp3) is 0.133. The highest BCUT2D eigenvalue weighted by Gasteiger charge is 2.46. The number of nitro groups is 1. The number of epoxide rings is 1. The number of carbonyl (C=O) groups excluding carboxylic acids is 1. The molecule has 3 rings (SSSR count). The van der Waals surface area contributed by atoms with Gasteiger partial charge in [-0.2, -0.15) is 0 Å². The second-order valence-electron chi connectivity index (χ2n) is 4.56. The van der Waals surface area contributed by atoms with E-state index in [0.29, 0.717) is 5.56 Å². The van der Waals surface area contributed by atoms with Gasteiger partial charge < -0.3 is 4.74 Å². The molecule has 1 aliphatic rings. The minimum absolute atomic E-state index is 0.0281. The van der Waals surface area contributed by atoms with Crippen molar-refractivity contribution in [3.05, 3.63) is 75.8 Å². The van der Waals surface area contributed by atoms with E-state index >= 15 is 0 Å². The molecule has 1 fully saturated rings. The Morgan fingerprint density at radius 2 is 1.70 bits per heavy atom. The van der Waals surface area contributed by atoms with Crippen molar-refractivity contribution in [3.63, 3.8) is 0 Å². The van der Waals surface area contributed by atoms with Crippen LogP contribution in [0.15, 0.2) is 54.6 Å². The molecule has 0 aliphatic carbocycles. The summed E-state index contributed by atoms with van der Waals surface area (Å²) in [7, 11) is 0. The van der Waals surface area contributed by atoms with Crippen LogP contribution in [0, 0.1) is 10.1 Å². The number of ketones is 1. The third-order valence-corrected chi connectivity index (χ3v) is 3.24. The van der Waals surface area contributed by atoms with Crippen LogP contribution < -0.4 is 0 Å². The molecule has 0 N–H and O–H groups in total. The van der Waals surface area contributed by atoms with Gasteiger partial charge in [-0.15, -0.1) is 0 Å². The summed E-state index contributed by atoms with van der Waals surface area (Å²) in [5.41, 5.74) is 1.42. The number of Topliss-reactive ketones (excluding diaryl/α,β-unsaturated/α-hetero) is 1. The number of rotatable bonds is 4. The molecule has 5 nitrogen and oxygen atoms in total. The molecule has 0 radical (unpaired) electrons. The number of hydrogen-bond acceptors (Lipinski definition) is 4. The van der Waals surface area contributed by atoms with Gasteiger partial charge in [0, 0.05) is 17.7 Å². The summed E-state index contributed by atoms with van der Waals surface area (Å²) < 4.78 is 5.40. The normalized spacial score (nSPS) is 20.4. The summed E-state index contributed by atoms with van der Waals surface area (Å²) in [5.74, 6) is -0.0612. The summed E-state index contributed by atoms with van der Waals surface area (Å²) in [6, 6.07) is 15.0. The fourth-order valence-corrected chi connectivity index (χ4v) is 2.12. The van der Waals surface area contributed by atoms with E-state index in [1.807, 2.05) is 6.07 Å². The minimum atomic E-state index is -0.487. The molecule has 2 aromatic carbocycles. The Bertz CT molecular complexity index is 651. The van der Waals surface area contributed by atoms with Gasteiger partial charge in [0.05, 0.1) is 4.92 Å². The Hall–Kier alpha value is -2.53. The van der Waals surface area contributed by atoms with Crippen LogP contribution in [0.5, 0.6) is 0 Å². The maximum absolute atomic E-state index is 12.1. The largest absolute Gasteiger partial charge is 0.356 e. The Morgan fingerprint density at radius 1 is 1.05 bits per heavy atom. The topological polar surface area (TPSA) is 72.7 Å². The number of benzene rings is 2. The van der Waals surface area contributed by atoms with Crippen LogP contribution in [-0.2, 0) is 4.74 Å².